The first-order valence-electron chi connectivity index (χ1n) is 6.33. The van der Waals surface area contributed by atoms with Crippen LogP contribution in [0.3, 0.4) is 0 Å². The fourth-order valence-corrected chi connectivity index (χ4v) is 4.06. The van der Waals surface area contributed by atoms with Crippen LogP contribution in [0.15, 0.2) is 30.8 Å². The quantitative estimate of drug-likeness (QED) is 0.602. The lowest BCUT2D eigenvalue weighted by atomic mass is 10.2. The third kappa shape index (κ3) is 3.10. The summed E-state index contributed by atoms with van der Waals surface area (Å²) in [6, 6.07) is 8.32. The van der Waals surface area contributed by atoms with Crippen molar-refractivity contribution in [3.8, 4) is 0 Å². The summed E-state index contributed by atoms with van der Waals surface area (Å²) in [6.45, 7) is 12.4. The van der Waals surface area contributed by atoms with E-state index in [1.54, 1.807) is 0 Å². The van der Waals surface area contributed by atoms with Gasteiger partial charge >= 0.3 is 5.97 Å². The van der Waals surface area contributed by atoms with Gasteiger partial charge in [-0.15, -0.1) is 0 Å². The molecule has 0 saturated carbocycles. The molecule has 0 saturated heterocycles. The molecule has 3 heteroatoms. The first-order valence-corrected chi connectivity index (χ1v) is 9.40. The van der Waals surface area contributed by atoms with Gasteiger partial charge in [-0.25, -0.2) is 0 Å². The van der Waals surface area contributed by atoms with Gasteiger partial charge < -0.3 is 4.74 Å². The third-order valence-corrected chi connectivity index (χ3v) is 7.84. The van der Waals surface area contributed by atoms with Gasteiger partial charge in [-0.3, -0.25) is 4.79 Å². The van der Waals surface area contributed by atoms with E-state index in [9.17, 15) is 4.79 Å². The largest absolute Gasteiger partial charge is 0.466 e. The summed E-state index contributed by atoms with van der Waals surface area (Å²) >= 11 is 0. The molecule has 0 fully saturated rings. The number of ether oxygens (including phenoxy) is 1. The van der Waals surface area contributed by atoms with Gasteiger partial charge in [0.15, 0.2) is 0 Å². The Labute approximate surface area is 111 Å². The minimum Gasteiger partial charge on any atom is -0.466 e. The van der Waals surface area contributed by atoms with Gasteiger partial charge in [0.2, 0.25) is 0 Å². The van der Waals surface area contributed by atoms with Crippen molar-refractivity contribution in [2.45, 2.75) is 32.5 Å². The molecule has 0 radical (unpaired) electrons. The van der Waals surface area contributed by atoms with Crippen LogP contribution in [0.5, 0.6) is 0 Å². The molecule has 0 N–H and O–H groups in total. The number of hydrogen-bond donors (Lipinski definition) is 0. The zero-order chi connectivity index (χ0) is 13.8. The monoisotopic (exact) mass is 262 g/mol. The van der Waals surface area contributed by atoms with Gasteiger partial charge in [-0.2, -0.15) is 0 Å². The lowest BCUT2D eigenvalue weighted by molar-refractivity contribution is -0.142. The van der Waals surface area contributed by atoms with Gasteiger partial charge in [-0.1, -0.05) is 62.1 Å². The summed E-state index contributed by atoms with van der Waals surface area (Å²) < 4.78 is 5.14. The zero-order valence-electron chi connectivity index (χ0n) is 11.7. The van der Waals surface area contributed by atoms with E-state index in [1.807, 2.05) is 19.9 Å². The second-order valence-corrected chi connectivity index (χ2v) is 9.91. The molecule has 2 nitrogen and oxygen atoms in total. The van der Waals surface area contributed by atoms with Gasteiger partial charge in [-0.05, 0) is 12.5 Å². The molecule has 0 aliphatic heterocycles. The van der Waals surface area contributed by atoms with Crippen LogP contribution in [0, 0.1) is 0 Å². The van der Waals surface area contributed by atoms with Crippen LogP contribution >= 0.6 is 0 Å². The van der Waals surface area contributed by atoms with Crippen LogP contribution < -0.4 is 5.19 Å². The molecule has 0 aromatic heterocycles. The fraction of sp³-hybridized carbons (Fsp3) is 0.400. The van der Waals surface area contributed by atoms with E-state index in [1.165, 1.54) is 5.19 Å². The van der Waals surface area contributed by atoms with Crippen molar-refractivity contribution in [1.29, 1.82) is 0 Å². The minimum atomic E-state index is -1.83. The predicted octanol–water partition coefficient (Wildman–Crippen LogP) is 3.20. The van der Waals surface area contributed by atoms with E-state index < -0.39 is 8.07 Å². The summed E-state index contributed by atoms with van der Waals surface area (Å²) in [7, 11) is -1.83. The van der Waals surface area contributed by atoms with Gasteiger partial charge in [0.05, 0.1) is 20.2 Å². The number of rotatable bonds is 5. The SMILES string of the molecule is C=Cc1ccc([Si](C)(C)C(C)C(=O)OCC)cc1. The highest BCUT2D eigenvalue weighted by atomic mass is 28.3. The highest BCUT2D eigenvalue weighted by Gasteiger charge is 2.36. The summed E-state index contributed by atoms with van der Waals surface area (Å²) in [5, 5.41) is 1.27. The molecule has 18 heavy (non-hydrogen) atoms. The second-order valence-electron chi connectivity index (χ2n) is 5.02. The van der Waals surface area contributed by atoms with Crippen molar-refractivity contribution in [3.63, 3.8) is 0 Å². The van der Waals surface area contributed by atoms with Gasteiger partial charge in [0, 0.05) is 0 Å². The van der Waals surface area contributed by atoms with Crippen molar-refractivity contribution in [1.82, 2.24) is 0 Å². The normalized spacial score (nSPS) is 12.9. The van der Waals surface area contributed by atoms with E-state index in [2.05, 4.69) is 43.9 Å². The smallest absolute Gasteiger partial charge is 0.306 e. The maximum absolute atomic E-state index is 11.9. The van der Waals surface area contributed by atoms with Crippen molar-refractivity contribution >= 4 is 25.3 Å². The Morgan fingerprint density at radius 1 is 1.39 bits per heavy atom. The molecule has 0 spiro atoms. The molecule has 1 aromatic carbocycles. The second kappa shape index (κ2) is 6.00. The zero-order valence-corrected chi connectivity index (χ0v) is 12.7. The summed E-state index contributed by atoms with van der Waals surface area (Å²) in [6.07, 6.45) is 1.83. The predicted molar refractivity (Wildman–Crippen MR) is 79.7 cm³/mol. The Hall–Kier alpha value is -1.35. The van der Waals surface area contributed by atoms with E-state index in [0.29, 0.717) is 6.61 Å². The van der Waals surface area contributed by atoms with E-state index in [0.717, 1.165) is 5.56 Å². The molecule has 1 aromatic rings. The first-order chi connectivity index (χ1) is 8.43. The Kier molecular flexibility index (Phi) is 4.90. The van der Waals surface area contributed by atoms with E-state index in [-0.39, 0.29) is 11.5 Å². The fourth-order valence-electron chi connectivity index (χ4n) is 1.86. The van der Waals surface area contributed by atoms with Crippen molar-refractivity contribution in [2.24, 2.45) is 0 Å². The maximum Gasteiger partial charge on any atom is 0.306 e. The first kappa shape index (κ1) is 14.7. The van der Waals surface area contributed by atoms with Crippen molar-refractivity contribution in [2.75, 3.05) is 6.61 Å². The highest BCUT2D eigenvalue weighted by molar-refractivity contribution is 6.93. The molecule has 0 aliphatic rings. The Bertz CT molecular complexity index is 421. The van der Waals surface area contributed by atoms with Gasteiger partial charge in [0.25, 0.3) is 0 Å². The minimum absolute atomic E-state index is 0.0352. The standard InChI is InChI=1S/C15H22O2Si/c1-6-13-8-10-14(11-9-13)18(4,5)12(3)15(16)17-7-2/h6,8-12H,1,7H2,2-5H3. The number of benzene rings is 1. The van der Waals surface area contributed by atoms with Crippen LogP contribution in [0.1, 0.15) is 19.4 Å². The number of hydrogen-bond acceptors (Lipinski definition) is 2. The lowest BCUT2D eigenvalue weighted by Crippen LogP contribution is -2.48. The molecular weight excluding hydrogens is 240 g/mol. The van der Waals surface area contributed by atoms with Crippen LogP contribution in [0.4, 0.5) is 0 Å². The molecular formula is C15H22O2Si. The third-order valence-electron chi connectivity index (χ3n) is 3.61. The van der Waals surface area contributed by atoms with E-state index >= 15 is 0 Å². The number of esters is 1. The van der Waals surface area contributed by atoms with Crippen molar-refractivity contribution < 1.29 is 9.53 Å². The summed E-state index contributed by atoms with van der Waals surface area (Å²) in [5.74, 6) is -0.0815. The molecule has 1 atom stereocenters. The van der Waals surface area contributed by atoms with Crippen LogP contribution in [-0.2, 0) is 9.53 Å². The Balaban J connectivity index is 2.96. The topological polar surface area (TPSA) is 26.3 Å². The number of carbonyl (C=O) groups excluding carboxylic acids is 1. The highest BCUT2D eigenvalue weighted by Crippen LogP contribution is 2.23. The summed E-state index contributed by atoms with van der Waals surface area (Å²) in [4.78, 5) is 11.9. The Morgan fingerprint density at radius 3 is 2.39 bits per heavy atom. The Morgan fingerprint density at radius 2 is 1.94 bits per heavy atom. The van der Waals surface area contributed by atoms with Crippen molar-refractivity contribution in [3.05, 3.63) is 36.4 Å². The van der Waals surface area contributed by atoms with E-state index in [4.69, 9.17) is 4.74 Å². The van der Waals surface area contributed by atoms with Crippen LogP contribution in [0.2, 0.25) is 18.6 Å². The molecule has 0 heterocycles. The van der Waals surface area contributed by atoms with Crippen LogP contribution in [0.25, 0.3) is 6.08 Å². The summed E-state index contributed by atoms with van der Waals surface area (Å²) in [5.41, 5.74) is 1.07. The number of carbonyl (C=O) groups is 1. The molecule has 0 bridgehead atoms. The van der Waals surface area contributed by atoms with Crippen LogP contribution in [-0.4, -0.2) is 20.7 Å². The molecule has 0 aliphatic carbocycles. The molecule has 1 unspecified atom stereocenters. The molecule has 0 amide bonds. The maximum atomic E-state index is 11.9. The van der Waals surface area contributed by atoms with Gasteiger partial charge in [0.1, 0.15) is 0 Å². The lowest BCUT2D eigenvalue weighted by Gasteiger charge is -2.28. The average molecular weight is 262 g/mol. The average Bonchev–Trinajstić information content (AvgIpc) is 2.38. The molecule has 98 valence electrons. The molecule has 1 rings (SSSR count).